The Hall–Kier alpha value is -1.44. The van der Waals surface area contributed by atoms with E-state index < -0.39 is 0 Å². The third kappa shape index (κ3) is 7.43. The molecule has 0 fully saturated rings. The molecule has 1 aliphatic heterocycles. The molecule has 1 heterocycles. The molecular weight excluding hydrogens is 316 g/mol. The smallest absolute Gasteiger partial charge is 0.101 e. The summed E-state index contributed by atoms with van der Waals surface area (Å²) in [6.45, 7) is 6.83. The molecule has 0 aromatic heterocycles. The van der Waals surface area contributed by atoms with Crippen LogP contribution in [0, 0.1) is 0 Å². The minimum atomic E-state index is 0.558. The van der Waals surface area contributed by atoms with Gasteiger partial charge in [0, 0.05) is 25.5 Å². The molecule has 1 aromatic carbocycles. The monoisotopic (exact) mass is 356 g/mol. The largest absolute Gasteiger partial charge is 0.356 e. The summed E-state index contributed by atoms with van der Waals surface area (Å²) in [7, 11) is 0. The van der Waals surface area contributed by atoms with Crippen LogP contribution in [0.2, 0.25) is 0 Å². The number of hydrogen-bond donors (Lipinski definition) is 0. The van der Waals surface area contributed by atoms with E-state index in [1.165, 1.54) is 82.7 Å². The Bertz CT molecular complexity index is 482. The van der Waals surface area contributed by atoms with Crippen LogP contribution in [0.15, 0.2) is 42.7 Å². The molecule has 1 unspecified atom stereocenters. The van der Waals surface area contributed by atoms with E-state index in [0.29, 0.717) is 6.17 Å². The van der Waals surface area contributed by atoms with E-state index >= 15 is 0 Å². The normalized spacial score (nSPS) is 16.6. The van der Waals surface area contributed by atoms with E-state index in [0.717, 1.165) is 6.54 Å². The Kier molecular flexibility index (Phi) is 10.3. The van der Waals surface area contributed by atoms with Crippen LogP contribution in [0.4, 0.5) is 0 Å². The summed E-state index contributed by atoms with van der Waals surface area (Å²) in [6.07, 6.45) is 20.2. The van der Waals surface area contributed by atoms with Crippen LogP contribution in [0.3, 0.4) is 0 Å². The highest BCUT2D eigenvalue weighted by atomic mass is 15.4. The van der Waals surface area contributed by atoms with Gasteiger partial charge in [0.15, 0.2) is 0 Å². The van der Waals surface area contributed by atoms with Crippen LogP contribution in [0.5, 0.6) is 0 Å². The first kappa shape index (κ1) is 20.9. The molecule has 1 aromatic rings. The molecule has 0 aliphatic carbocycles. The zero-order valence-electron chi connectivity index (χ0n) is 17.2. The zero-order chi connectivity index (χ0) is 18.5. The fraction of sp³-hybridized carbons (Fsp3) is 0.667. The Morgan fingerprint density at radius 3 is 2.04 bits per heavy atom. The van der Waals surface area contributed by atoms with Gasteiger partial charge in [-0.1, -0.05) is 95.5 Å². The molecule has 146 valence electrons. The second kappa shape index (κ2) is 12.8. The third-order valence-electron chi connectivity index (χ3n) is 5.51. The van der Waals surface area contributed by atoms with Crippen LogP contribution in [0.1, 0.15) is 90.0 Å². The maximum atomic E-state index is 2.61. The topological polar surface area (TPSA) is 6.48 Å². The van der Waals surface area contributed by atoms with Crippen molar-refractivity contribution >= 4 is 0 Å². The number of hydrogen-bond acceptors (Lipinski definition) is 2. The van der Waals surface area contributed by atoms with E-state index in [2.05, 4.69) is 66.4 Å². The van der Waals surface area contributed by atoms with Crippen molar-refractivity contribution in [2.24, 2.45) is 0 Å². The molecule has 0 N–H and O–H groups in total. The first-order valence-electron chi connectivity index (χ1n) is 11.1. The van der Waals surface area contributed by atoms with Gasteiger partial charge >= 0.3 is 0 Å². The fourth-order valence-corrected chi connectivity index (χ4v) is 3.90. The Morgan fingerprint density at radius 2 is 1.31 bits per heavy atom. The van der Waals surface area contributed by atoms with Crippen molar-refractivity contribution in [1.29, 1.82) is 0 Å². The summed E-state index contributed by atoms with van der Waals surface area (Å²) in [5, 5.41) is 0. The van der Waals surface area contributed by atoms with Crippen LogP contribution in [0.25, 0.3) is 0 Å². The summed E-state index contributed by atoms with van der Waals surface area (Å²) >= 11 is 0. The van der Waals surface area contributed by atoms with Gasteiger partial charge in [-0.05, 0) is 24.8 Å². The van der Waals surface area contributed by atoms with Crippen molar-refractivity contribution in [3.8, 4) is 0 Å². The van der Waals surface area contributed by atoms with Crippen LogP contribution < -0.4 is 0 Å². The van der Waals surface area contributed by atoms with Crippen molar-refractivity contribution in [2.45, 2.75) is 97.2 Å². The second-order valence-corrected chi connectivity index (χ2v) is 7.79. The molecule has 2 nitrogen and oxygen atoms in total. The van der Waals surface area contributed by atoms with Crippen LogP contribution >= 0.6 is 0 Å². The molecular formula is C24H40N2. The highest BCUT2D eigenvalue weighted by Gasteiger charge is 2.25. The third-order valence-corrected chi connectivity index (χ3v) is 5.51. The Balaban J connectivity index is 1.81. The maximum Gasteiger partial charge on any atom is 0.101 e. The lowest BCUT2D eigenvalue weighted by atomic mass is 10.1. The molecule has 0 bridgehead atoms. The van der Waals surface area contributed by atoms with Crippen molar-refractivity contribution in [3.05, 3.63) is 48.3 Å². The molecule has 0 saturated heterocycles. The average Bonchev–Trinajstić information content (AvgIpc) is 3.04. The lowest BCUT2D eigenvalue weighted by Gasteiger charge is -2.33. The predicted molar refractivity (Wildman–Crippen MR) is 114 cm³/mol. The molecule has 2 rings (SSSR count). The van der Waals surface area contributed by atoms with Gasteiger partial charge in [0.25, 0.3) is 0 Å². The molecule has 1 atom stereocenters. The van der Waals surface area contributed by atoms with E-state index in [1.54, 1.807) is 0 Å². The summed E-state index contributed by atoms with van der Waals surface area (Å²) in [5.74, 6) is 0. The quantitative estimate of drug-likeness (QED) is 0.333. The summed E-state index contributed by atoms with van der Waals surface area (Å²) in [5.41, 5.74) is 1.41. The molecule has 0 amide bonds. The number of unbranched alkanes of at least 4 members (excludes halogenated alkanes) is 8. The number of rotatable bonds is 14. The first-order chi connectivity index (χ1) is 12.8. The molecule has 1 aliphatic rings. The summed E-state index contributed by atoms with van der Waals surface area (Å²) < 4.78 is 0. The predicted octanol–water partition coefficient (Wildman–Crippen LogP) is 6.93. The molecule has 0 saturated carbocycles. The first-order valence-corrected chi connectivity index (χ1v) is 11.1. The highest BCUT2D eigenvalue weighted by molar-refractivity contribution is 5.15. The molecule has 0 spiro atoms. The van der Waals surface area contributed by atoms with E-state index in [-0.39, 0.29) is 0 Å². The van der Waals surface area contributed by atoms with Crippen LogP contribution in [-0.4, -0.2) is 22.5 Å². The number of nitrogens with zero attached hydrogens (tertiary/aromatic N) is 2. The van der Waals surface area contributed by atoms with Crippen molar-refractivity contribution in [2.75, 3.05) is 6.54 Å². The van der Waals surface area contributed by atoms with Gasteiger partial charge in [-0.3, -0.25) is 0 Å². The number of benzene rings is 1. The lowest BCUT2D eigenvalue weighted by molar-refractivity contribution is 0.132. The van der Waals surface area contributed by atoms with Gasteiger partial charge < -0.3 is 9.80 Å². The molecule has 2 heteroatoms. The van der Waals surface area contributed by atoms with Gasteiger partial charge in [0.1, 0.15) is 6.17 Å². The minimum Gasteiger partial charge on any atom is -0.356 e. The van der Waals surface area contributed by atoms with Gasteiger partial charge in [0.05, 0.1) is 0 Å². The highest BCUT2D eigenvalue weighted by Crippen LogP contribution is 2.24. The summed E-state index contributed by atoms with van der Waals surface area (Å²) in [6, 6.07) is 10.9. The van der Waals surface area contributed by atoms with Crippen molar-refractivity contribution < 1.29 is 0 Å². The SMILES string of the molecule is CCCCCCCCN1C=CN(Cc2ccccc2)C1CCCCCC. The van der Waals surface area contributed by atoms with Crippen molar-refractivity contribution in [1.82, 2.24) is 9.80 Å². The average molecular weight is 357 g/mol. The maximum absolute atomic E-state index is 2.61. The molecule has 26 heavy (non-hydrogen) atoms. The minimum absolute atomic E-state index is 0.558. The Labute approximate surface area is 162 Å². The van der Waals surface area contributed by atoms with E-state index in [1.807, 2.05) is 0 Å². The van der Waals surface area contributed by atoms with Gasteiger partial charge in [0.2, 0.25) is 0 Å². The standard InChI is InChI=1S/C24H40N2/c1-3-5-7-9-10-15-19-25-20-21-26(22-23-16-12-11-13-17-23)24(25)18-14-8-6-4-2/h11-13,16-17,20-21,24H,3-10,14-15,18-19,22H2,1-2H3. The van der Waals surface area contributed by atoms with Gasteiger partial charge in [-0.15, -0.1) is 0 Å². The fourth-order valence-electron chi connectivity index (χ4n) is 3.90. The van der Waals surface area contributed by atoms with Crippen molar-refractivity contribution in [3.63, 3.8) is 0 Å². The van der Waals surface area contributed by atoms with Gasteiger partial charge in [-0.2, -0.15) is 0 Å². The molecule has 0 radical (unpaired) electrons. The summed E-state index contributed by atoms with van der Waals surface area (Å²) in [4.78, 5) is 5.16. The van der Waals surface area contributed by atoms with E-state index in [4.69, 9.17) is 0 Å². The second-order valence-electron chi connectivity index (χ2n) is 7.79. The van der Waals surface area contributed by atoms with Gasteiger partial charge in [-0.25, -0.2) is 0 Å². The van der Waals surface area contributed by atoms with E-state index in [9.17, 15) is 0 Å². The lowest BCUT2D eigenvalue weighted by Crippen LogP contribution is -2.38. The van der Waals surface area contributed by atoms with Crippen LogP contribution in [-0.2, 0) is 6.54 Å². The zero-order valence-corrected chi connectivity index (χ0v) is 17.2. The Morgan fingerprint density at radius 1 is 0.692 bits per heavy atom.